The number of benzene rings is 1. The molecule has 0 radical (unpaired) electrons. The minimum absolute atomic E-state index is 0.145. The second kappa shape index (κ2) is 6.91. The minimum atomic E-state index is -3.12. The molecule has 4 nitrogen and oxygen atoms in total. The molecule has 0 aliphatic heterocycles. The molecular weight excluding hydrogens is 260 g/mol. The number of hydrogen-bond donors (Lipinski definition) is 2. The van der Waals surface area contributed by atoms with E-state index in [2.05, 4.69) is 12.2 Å². The number of nitrogens with two attached hydrogens (primary N) is 1. The first-order valence-corrected chi connectivity index (χ1v) is 8.35. The molecule has 0 heterocycles. The maximum absolute atomic E-state index is 11.9. The molecule has 5 heteroatoms. The van der Waals surface area contributed by atoms with Crippen LogP contribution < -0.4 is 11.1 Å². The van der Waals surface area contributed by atoms with Gasteiger partial charge in [0, 0.05) is 17.8 Å². The fourth-order valence-electron chi connectivity index (χ4n) is 2.05. The van der Waals surface area contributed by atoms with Gasteiger partial charge in [-0.2, -0.15) is 0 Å². The van der Waals surface area contributed by atoms with Crippen molar-refractivity contribution >= 4 is 15.5 Å². The van der Waals surface area contributed by atoms with Crippen molar-refractivity contribution in [3.05, 3.63) is 24.3 Å². The van der Waals surface area contributed by atoms with Gasteiger partial charge in [0.05, 0.1) is 10.6 Å². The lowest BCUT2D eigenvalue weighted by Crippen LogP contribution is -2.26. The number of sulfone groups is 1. The summed E-state index contributed by atoms with van der Waals surface area (Å²) in [6.07, 6.45) is 1.50. The third-order valence-electron chi connectivity index (χ3n) is 2.82. The lowest BCUT2D eigenvalue weighted by Gasteiger charge is -2.17. The summed E-state index contributed by atoms with van der Waals surface area (Å²) in [4.78, 5) is 0.389. The molecule has 108 valence electrons. The third kappa shape index (κ3) is 5.20. The smallest absolute Gasteiger partial charge is 0.178 e. The Labute approximate surface area is 116 Å². The molecule has 19 heavy (non-hydrogen) atoms. The van der Waals surface area contributed by atoms with Gasteiger partial charge >= 0.3 is 0 Å². The van der Waals surface area contributed by atoms with Crippen LogP contribution in [0.5, 0.6) is 0 Å². The molecule has 0 fully saturated rings. The van der Waals surface area contributed by atoms with Crippen molar-refractivity contribution in [1.82, 2.24) is 0 Å². The van der Waals surface area contributed by atoms with Gasteiger partial charge in [-0.15, -0.1) is 0 Å². The van der Waals surface area contributed by atoms with E-state index in [1.54, 1.807) is 24.3 Å². The maximum atomic E-state index is 11.9. The summed E-state index contributed by atoms with van der Waals surface area (Å²) in [5, 5.41) is 3.31. The number of rotatable bonds is 7. The molecule has 1 aromatic rings. The van der Waals surface area contributed by atoms with E-state index in [9.17, 15) is 8.42 Å². The van der Waals surface area contributed by atoms with Crippen LogP contribution in [-0.2, 0) is 9.84 Å². The van der Waals surface area contributed by atoms with E-state index in [0.717, 1.165) is 12.1 Å². The standard InChI is InChI=1S/C14H24N2O2S/c1-4-9-19(17,18)14-7-5-13(6-8-14)16-12(3)10-11(2)15/h5-8,11-12,16H,4,9-10,15H2,1-3H3. The third-order valence-corrected chi connectivity index (χ3v) is 4.76. The Balaban J connectivity index is 2.72. The van der Waals surface area contributed by atoms with Gasteiger partial charge in [0.15, 0.2) is 9.84 Å². The monoisotopic (exact) mass is 284 g/mol. The first kappa shape index (κ1) is 16.0. The van der Waals surface area contributed by atoms with Gasteiger partial charge in [-0.05, 0) is 51.0 Å². The molecule has 0 aromatic heterocycles. The molecule has 1 aromatic carbocycles. The molecule has 0 saturated heterocycles. The number of nitrogens with one attached hydrogen (secondary N) is 1. The molecular formula is C14H24N2O2S. The lowest BCUT2D eigenvalue weighted by molar-refractivity contribution is 0.594. The van der Waals surface area contributed by atoms with Gasteiger partial charge in [-0.25, -0.2) is 8.42 Å². The second-order valence-electron chi connectivity index (χ2n) is 5.10. The number of hydrogen-bond acceptors (Lipinski definition) is 4. The van der Waals surface area contributed by atoms with Crippen LogP contribution in [0.4, 0.5) is 5.69 Å². The van der Waals surface area contributed by atoms with Crippen LogP contribution >= 0.6 is 0 Å². The van der Waals surface area contributed by atoms with Crippen LogP contribution in [-0.4, -0.2) is 26.3 Å². The van der Waals surface area contributed by atoms with Crippen LogP contribution in [0.2, 0.25) is 0 Å². The minimum Gasteiger partial charge on any atom is -0.383 e. The predicted octanol–water partition coefficient (Wildman–Crippen LogP) is 2.41. The van der Waals surface area contributed by atoms with E-state index in [1.165, 1.54) is 0 Å². The van der Waals surface area contributed by atoms with Crippen LogP contribution in [0, 0.1) is 0 Å². The number of anilines is 1. The molecule has 0 saturated carbocycles. The van der Waals surface area contributed by atoms with E-state index >= 15 is 0 Å². The van der Waals surface area contributed by atoms with Gasteiger partial charge in [0.2, 0.25) is 0 Å². The second-order valence-corrected chi connectivity index (χ2v) is 7.21. The molecule has 3 N–H and O–H groups in total. The fourth-order valence-corrected chi connectivity index (χ4v) is 3.37. The first-order valence-electron chi connectivity index (χ1n) is 6.70. The van der Waals surface area contributed by atoms with E-state index in [0.29, 0.717) is 11.3 Å². The van der Waals surface area contributed by atoms with E-state index in [-0.39, 0.29) is 17.8 Å². The normalized spacial score (nSPS) is 14.9. The summed E-state index contributed by atoms with van der Waals surface area (Å²) in [7, 11) is -3.12. The van der Waals surface area contributed by atoms with Gasteiger partial charge in [0.25, 0.3) is 0 Å². The predicted molar refractivity (Wildman–Crippen MR) is 80.1 cm³/mol. The molecule has 0 amide bonds. The van der Waals surface area contributed by atoms with Crippen LogP contribution in [0.25, 0.3) is 0 Å². The quantitative estimate of drug-likeness (QED) is 0.806. The molecule has 1 rings (SSSR count). The average molecular weight is 284 g/mol. The highest BCUT2D eigenvalue weighted by Crippen LogP contribution is 2.17. The highest BCUT2D eigenvalue weighted by atomic mass is 32.2. The Morgan fingerprint density at radius 2 is 1.79 bits per heavy atom. The highest BCUT2D eigenvalue weighted by molar-refractivity contribution is 7.91. The molecule has 0 bridgehead atoms. The van der Waals surface area contributed by atoms with Crippen molar-refractivity contribution < 1.29 is 8.42 Å². The molecule has 0 aliphatic rings. The highest BCUT2D eigenvalue weighted by Gasteiger charge is 2.13. The van der Waals surface area contributed by atoms with Crippen molar-refractivity contribution in [3.63, 3.8) is 0 Å². The maximum Gasteiger partial charge on any atom is 0.178 e. The zero-order valence-corrected chi connectivity index (χ0v) is 12.7. The van der Waals surface area contributed by atoms with Crippen molar-refractivity contribution in [2.24, 2.45) is 5.73 Å². The van der Waals surface area contributed by atoms with Gasteiger partial charge in [0.1, 0.15) is 0 Å². The van der Waals surface area contributed by atoms with Crippen LogP contribution in [0.3, 0.4) is 0 Å². The fraction of sp³-hybridized carbons (Fsp3) is 0.571. The molecule has 0 aliphatic carbocycles. The SMILES string of the molecule is CCCS(=O)(=O)c1ccc(NC(C)CC(C)N)cc1. The average Bonchev–Trinajstić information content (AvgIpc) is 2.28. The molecule has 2 atom stereocenters. The lowest BCUT2D eigenvalue weighted by atomic mass is 10.1. The van der Waals surface area contributed by atoms with E-state index < -0.39 is 9.84 Å². The Morgan fingerprint density at radius 3 is 2.26 bits per heavy atom. The Morgan fingerprint density at radius 1 is 1.21 bits per heavy atom. The zero-order valence-electron chi connectivity index (χ0n) is 11.9. The van der Waals surface area contributed by atoms with Crippen molar-refractivity contribution in [2.45, 2.75) is 50.6 Å². The van der Waals surface area contributed by atoms with Gasteiger partial charge < -0.3 is 11.1 Å². The summed E-state index contributed by atoms with van der Waals surface area (Å²) in [5.74, 6) is 0.195. The summed E-state index contributed by atoms with van der Waals surface area (Å²) >= 11 is 0. The van der Waals surface area contributed by atoms with E-state index in [1.807, 2.05) is 13.8 Å². The van der Waals surface area contributed by atoms with Crippen molar-refractivity contribution in [1.29, 1.82) is 0 Å². The molecule has 0 spiro atoms. The summed E-state index contributed by atoms with van der Waals surface area (Å²) in [5.41, 5.74) is 6.66. The van der Waals surface area contributed by atoms with Gasteiger partial charge in [-0.1, -0.05) is 6.92 Å². The first-order chi connectivity index (χ1) is 8.85. The van der Waals surface area contributed by atoms with E-state index in [4.69, 9.17) is 5.73 Å². The van der Waals surface area contributed by atoms with Crippen molar-refractivity contribution in [3.8, 4) is 0 Å². The molecule has 2 unspecified atom stereocenters. The Hall–Kier alpha value is -1.07. The van der Waals surface area contributed by atoms with Crippen LogP contribution in [0.1, 0.15) is 33.6 Å². The topological polar surface area (TPSA) is 72.2 Å². The summed E-state index contributed by atoms with van der Waals surface area (Å²) < 4.78 is 23.7. The van der Waals surface area contributed by atoms with Crippen LogP contribution in [0.15, 0.2) is 29.2 Å². The summed E-state index contributed by atoms with van der Waals surface area (Å²) in [6, 6.07) is 7.34. The largest absolute Gasteiger partial charge is 0.383 e. The van der Waals surface area contributed by atoms with Crippen molar-refractivity contribution in [2.75, 3.05) is 11.1 Å². The Bertz CT molecular complexity index is 481. The Kier molecular flexibility index (Phi) is 5.82. The van der Waals surface area contributed by atoms with Gasteiger partial charge in [-0.3, -0.25) is 0 Å². The summed E-state index contributed by atoms with van der Waals surface area (Å²) in [6.45, 7) is 5.90. The zero-order chi connectivity index (χ0) is 14.5.